The second-order valence-electron chi connectivity index (χ2n) is 5.75. The zero-order valence-electron chi connectivity index (χ0n) is 12.6. The molecule has 116 valence electrons. The van der Waals surface area contributed by atoms with Gasteiger partial charge in [0.15, 0.2) is 0 Å². The second kappa shape index (κ2) is 4.89. The first kappa shape index (κ1) is 13.2. The highest BCUT2D eigenvalue weighted by molar-refractivity contribution is 5.89. The molecule has 0 saturated carbocycles. The molecule has 2 aromatic heterocycles. The Bertz CT molecular complexity index is 1090. The fraction of sp³-hybridized carbons (Fsp3) is 0.0526. The minimum atomic E-state index is -0.267. The summed E-state index contributed by atoms with van der Waals surface area (Å²) in [5, 5.41) is 0. The Morgan fingerprint density at radius 3 is 2.75 bits per heavy atom. The van der Waals surface area contributed by atoms with Crippen molar-refractivity contribution in [3.8, 4) is 22.5 Å². The van der Waals surface area contributed by atoms with Gasteiger partial charge in [-0.2, -0.15) is 4.98 Å². The predicted molar refractivity (Wildman–Crippen MR) is 89.6 cm³/mol. The average molecular weight is 317 g/mol. The first-order valence-electron chi connectivity index (χ1n) is 7.64. The number of benzene rings is 2. The van der Waals surface area contributed by atoms with Crippen LogP contribution in [0.1, 0.15) is 11.1 Å². The van der Waals surface area contributed by atoms with E-state index in [4.69, 9.17) is 4.42 Å². The van der Waals surface area contributed by atoms with E-state index in [2.05, 4.69) is 28.2 Å². The Labute approximate surface area is 136 Å². The summed E-state index contributed by atoms with van der Waals surface area (Å²) in [6.45, 7) is 0.730. The van der Waals surface area contributed by atoms with E-state index in [9.17, 15) is 4.39 Å². The molecule has 5 rings (SSSR count). The zero-order valence-corrected chi connectivity index (χ0v) is 12.6. The fourth-order valence-electron chi connectivity index (χ4n) is 3.12. The summed E-state index contributed by atoms with van der Waals surface area (Å²) in [6.07, 6.45) is 5.34. The molecule has 5 heteroatoms. The van der Waals surface area contributed by atoms with Crippen molar-refractivity contribution in [2.24, 2.45) is 4.99 Å². The normalized spacial score (nSPS) is 12.9. The third kappa shape index (κ3) is 1.91. The topological polar surface area (TPSA) is 42.8 Å². The minimum absolute atomic E-state index is 0.267. The van der Waals surface area contributed by atoms with Crippen LogP contribution in [-0.4, -0.2) is 15.6 Å². The Balaban J connectivity index is 1.77. The van der Waals surface area contributed by atoms with Crippen molar-refractivity contribution in [1.29, 1.82) is 0 Å². The lowest BCUT2D eigenvalue weighted by Crippen LogP contribution is -1.91. The third-order valence-electron chi connectivity index (χ3n) is 4.29. The molecular formula is C19H12FN3O. The van der Waals surface area contributed by atoms with E-state index < -0.39 is 0 Å². The van der Waals surface area contributed by atoms with Crippen LogP contribution >= 0.6 is 0 Å². The van der Waals surface area contributed by atoms with E-state index in [1.807, 2.05) is 16.8 Å². The molecule has 1 aliphatic rings. The molecule has 0 bridgehead atoms. The van der Waals surface area contributed by atoms with Crippen molar-refractivity contribution in [1.82, 2.24) is 9.38 Å². The highest BCUT2D eigenvalue weighted by Gasteiger charge is 2.19. The van der Waals surface area contributed by atoms with Crippen molar-refractivity contribution in [3.63, 3.8) is 0 Å². The Hall–Kier alpha value is -3.21. The summed E-state index contributed by atoms with van der Waals surface area (Å²) < 4.78 is 20.6. The summed E-state index contributed by atoms with van der Waals surface area (Å²) >= 11 is 0. The van der Waals surface area contributed by atoms with Crippen LogP contribution in [0.2, 0.25) is 0 Å². The van der Waals surface area contributed by atoms with Gasteiger partial charge in [0.1, 0.15) is 17.8 Å². The van der Waals surface area contributed by atoms with Gasteiger partial charge in [-0.25, -0.2) is 4.39 Å². The Morgan fingerprint density at radius 1 is 1.04 bits per heavy atom. The molecule has 3 heterocycles. The van der Waals surface area contributed by atoms with Crippen molar-refractivity contribution in [2.45, 2.75) is 6.54 Å². The number of hydrogen-bond acceptors (Lipinski definition) is 3. The molecule has 0 aliphatic carbocycles. The van der Waals surface area contributed by atoms with E-state index in [-0.39, 0.29) is 5.82 Å². The first-order chi connectivity index (χ1) is 11.8. The summed E-state index contributed by atoms with van der Waals surface area (Å²) in [7, 11) is 0. The molecule has 24 heavy (non-hydrogen) atoms. The van der Waals surface area contributed by atoms with Gasteiger partial charge < -0.3 is 4.42 Å². The monoisotopic (exact) mass is 317 g/mol. The number of rotatable bonds is 2. The van der Waals surface area contributed by atoms with Crippen LogP contribution in [0.3, 0.4) is 0 Å². The predicted octanol–water partition coefficient (Wildman–Crippen LogP) is 4.33. The highest BCUT2D eigenvalue weighted by Crippen LogP contribution is 2.34. The second-order valence-corrected chi connectivity index (χ2v) is 5.75. The van der Waals surface area contributed by atoms with Gasteiger partial charge in [0.25, 0.3) is 0 Å². The number of imidazole rings is 1. The van der Waals surface area contributed by atoms with Crippen molar-refractivity contribution >= 4 is 12.1 Å². The van der Waals surface area contributed by atoms with Crippen LogP contribution in [0.25, 0.3) is 28.4 Å². The molecule has 4 nitrogen and oxygen atoms in total. The van der Waals surface area contributed by atoms with Gasteiger partial charge in [-0.05, 0) is 41.5 Å². The standard InChI is InChI=1S/C19H12FN3O/c20-16-5-3-12(4-6-16)17-18(23-7-8-24-19(23)22-17)13-1-2-14-10-21-11-15(14)9-13/h1-9,11H,10H2. The number of oxazole rings is 1. The molecule has 4 aromatic rings. The maximum atomic E-state index is 13.3. The van der Waals surface area contributed by atoms with Gasteiger partial charge in [-0.15, -0.1) is 0 Å². The maximum Gasteiger partial charge on any atom is 0.306 e. The smallest absolute Gasteiger partial charge is 0.306 e. The number of aromatic nitrogens is 2. The molecule has 0 atom stereocenters. The van der Waals surface area contributed by atoms with Crippen LogP contribution in [0.5, 0.6) is 0 Å². The fourth-order valence-corrected chi connectivity index (χ4v) is 3.12. The summed E-state index contributed by atoms with van der Waals surface area (Å²) in [4.78, 5) is 8.89. The number of hydrogen-bond donors (Lipinski definition) is 0. The van der Waals surface area contributed by atoms with Crippen molar-refractivity contribution in [3.05, 3.63) is 71.9 Å². The van der Waals surface area contributed by atoms with E-state index >= 15 is 0 Å². The number of fused-ring (bicyclic) bond motifs is 2. The molecule has 0 unspecified atom stereocenters. The first-order valence-corrected chi connectivity index (χ1v) is 7.64. The largest absolute Gasteiger partial charge is 0.432 e. The molecule has 2 aromatic carbocycles. The zero-order chi connectivity index (χ0) is 16.1. The van der Waals surface area contributed by atoms with Crippen LogP contribution in [0.4, 0.5) is 4.39 Å². The SMILES string of the molecule is Fc1ccc(-c2nc3occn3c2-c2ccc3c(c2)C=NC3)cc1. The van der Waals surface area contributed by atoms with Gasteiger partial charge in [-0.3, -0.25) is 9.39 Å². The Kier molecular flexibility index (Phi) is 2.70. The average Bonchev–Trinajstić information content (AvgIpc) is 3.29. The number of halogens is 1. The molecule has 0 saturated heterocycles. The summed E-state index contributed by atoms with van der Waals surface area (Å²) in [5.41, 5.74) is 5.90. The molecule has 0 N–H and O–H groups in total. The molecule has 0 fully saturated rings. The lowest BCUT2D eigenvalue weighted by molar-refractivity contribution is 0.596. The van der Waals surface area contributed by atoms with Gasteiger partial charge in [0.05, 0.1) is 12.2 Å². The third-order valence-corrected chi connectivity index (χ3v) is 4.29. The van der Waals surface area contributed by atoms with E-state index in [0.717, 1.165) is 34.6 Å². The van der Waals surface area contributed by atoms with Crippen LogP contribution in [0.15, 0.2) is 64.3 Å². The molecular weight excluding hydrogens is 305 g/mol. The van der Waals surface area contributed by atoms with Gasteiger partial charge in [0.2, 0.25) is 0 Å². The van der Waals surface area contributed by atoms with E-state index in [1.54, 1.807) is 18.4 Å². The lowest BCUT2D eigenvalue weighted by atomic mass is 10.0. The lowest BCUT2D eigenvalue weighted by Gasteiger charge is -2.06. The van der Waals surface area contributed by atoms with Gasteiger partial charge in [-0.1, -0.05) is 12.1 Å². The van der Waals surface area contributed by atoms with Gasteiger partial charge in [0, 0.05) is 23.5 Å². The quantitative estimate of drug-likeness (QED) is 0.552. The van der Waals surface area contributed by atoms with Crippen LogP contribution in [-0.2, 0) is 6.54 Å². The van der Waals surface area contributed by atoms with Crippen molar-refractivity contribution < 1.29 is 8.81 Å². The van der Waals surface area contributed by atoms with Crippen LogP contribution in [0, 0.1) is 5.82 Å². The Morgan fingerprint density at radius 2 is 1.88 bits per heavy atom. The van der Waals surface area contributed by atoms with Crippen LogP contribution < -0.4 is 0 Å². The summed E-state index contributed by atoms with van der Waals surface area (Å²) in [5.74, 6) is 0.246. The van der Waals surface area contributed by atoms with Crippen molar-refractivity contribution in [2.75, 3.05) is 0 Å². The molecule has 0 amide bonds. The number of aliphatic imine (C=N–C) groups is 1. The molecule has 0 radical (unpaired) electrons. The number of nitrogens with zero attached hydrogens (tertiary/aromatic N) is 3. The molecule has 1 aliphatic heterocycles. The van der Waals surface area contributed by atoms with E-state index in [1.165, 1.54) is 17.7 Å². The van der Waals surface area contributed by atoms with Gasteiger partial charge >= 0.3 is 5.84 Å². The molecule has 0 spiro atoms. The highest BCUT2D eigenvalue weighted by atomic mass is 19.1. The minimum Gasteiger partial charge on any atom is -0.432 e. The summed E-state index contributed by atoms with van der Waals surface area (Å²) in [6, 6.07) is 12.6. The van der Waals surface area contributed by atoms with E-state index in [0.29, 0.717) is 5.84 Å². The maximum absolute atomic E-state index is 13.3.